The number of carbonyl (C=O) groups excluding carboxylic acids is 1. The van der Waals surface area contributed by atoms with E-state index < -0.39 is 34.3 Å². The van der Waals surface area contributed by atoms with Crippen molar-refractivity contribution in [2.24, 2.45) is 17.8 Å². The van der Waals surface area contributed by atoms with Gasteiger partial charge in [0, 0.05) is 37.5 Å². The molecule has 264 valence electrons. The maximum Gasteiger partial charge on any atom is 0.306 e. The number of aliphatic hydroxyl groups is 1. The number of sulfonamides is 1. The lowest BCUT2D eigenvalue weighted by atomic mass is 9.89. The fraction of sp³-hybridized carbons (Fsp3) is 0.600. The maximum absolute atomic E-state index is 14.1. The molecule has 48 heavy (non-hydrogen) atoms. The van der Waals surface area contributed by atoms with Gasteiger partial charge in [-0.25, -0.2) is 13.4 Å². The second-order valence-corrected chi connectivity index (χ2v) is 16.5. The van der Waals surface area contributed by atoms with E-state index >= 15 is 0 Å². The lowest BCUT2D eigenvalue weighted by Crippen LogP contribution is -2.49. The fourth-order valence-electron chi connectivity index (χ4n) is 6.54. The molecular weight excluding hydrogens is 653 g/mol. The van der Waals surface area contributed by atoms with Crippen LogP contribution in [0.4, 0.5) is 5.13 Å². The Morgan fingerprint density at radius 2 is 1.90 bits per heavy atom. The number of fused-ring (bicyclic) bond motifs is 2. The molecule has 5 rings (SSSR count). The van der Waals surface area contributed by atoms with Gasteiger partial charge in [-0.05, 0) is 56.5 Å². The number of aromatic nitrogens is 1. The third kappa shape index (κ3) is 9.12. The Morgan fingerprint density at radius 3 is 2.60 bits per heavy atom. The summed E-state index contributed by atoms with van der Waals surface area (Å²) in [6, 6.07) is 14.8. The molecule has 2 aromatic carbocycles. The van der Waals surface area contributed by atoms with E-state index in [1.165, 1.54) is 15.6 Å². The van der Waals surface area contributed by atoms with Crippen LogP contribution >= 0.6 is 11.3 Å². The Bertz CT molecular complexity index is 1600. The first-order valence-electron chi connectivity index (χ1n) is 17.0. The minimum atomic E-state index is -3.99. The summed E-state index contributed by atoms with van der Waals surface area (Å²) in [6.07, 6.45) is -1.06. The van der Waals surface area contributed by atoms with Crippen molar-refractivity contribution in [3.63, 3.8) is 0 Å². The van der Waals surface area contributed by atoms with Crippen molar-refractivity contribution in [2.45, 2.75) is 89.4 Å². The Morgan fingerprint density at radius 1 is 1.12 bits per heavy atom. The van der Waals surface area contributed by atoms with Crippen LogP contribution in [-0.4, -0.2) is 92.2 Å². The molecule has 13 heteroatoms. The normalized spacial score (nSPS) is 22.7. The molecule has 2 fully saturated rings. The summed E-state index contributed by atoms with van der Waals surface area (Å²) in [7, 11) is -3.99. The third-order valence-corrected chi connectivity index (χ3v) is 11.5. The van der Waals surface area contributed by atoms with Gasteiger partial charge in [-0.2, -0.15) is 4.31 Å². The highest BCUT2D eigenvalue weighted by atomic mass is 32.2. The summed E-state index contributed by atoms with van der Waals surface area (Å²) in [4.78, 5) is 18.3. The van der Waals surface area contributed by atoms with E-state index in [0.29, 0.717) is 26.1 Å². The molecular formula is C35H50N4O7S2. The van der Waals surface area contributed by atoms with Crippen molar-refractivity contribution in [3.05, 3.63) is 54.1 Å². The number of esters is 1. The van der Waals surface area contributed by atoms with Gasteiger partial charge in [0.05, 0.1) is 46.8 Å². The average Bonchev–Trinajstić information content (AvgIpc) is 3.64. The van der Waals surface area contributed by atoms with Gasteiger partial charge in [0.15, 0.2) is 11.4 Å². The SMILES string of the molecule is CCNC1CO[C@@H]2OCCC(OC(=O)C[C@@H](Cc3ccccc3)[C@H](O)CN(CC(C)C)S(=O)(=O)c3ccc4nc(NC(C)C)sc4c3)C12. The van der Waals surface area contributed by atoms with Crippen LogP contribution in [0.25, 0.3) is 10.2 Å². The van der Waals surface area contributed by atoms with Gasteiger partial charge >= 0.3 is 5.97 Å². The predicted molar refractivity (Wildman–Crippen MR) is 187 cm³/mol. The van der Waals surface area contributed by atoms with E-state index in [4.69, 9.17) is 14.2 Å². The molecule has 1 aromatic heterocycles. The standard InChI is InChI=1S/C35H50N4O7S2/c1-6-36-28-21-45-34-33(28)30(14-15-44-34)46-32(41)17-25(16-24-10-8-7-9-11-24)29(40)20-39(19-22(2)3)48(42,43)26-12-13-27-31(18-26)47-35(38-27)37-23(4)5/h7-13,18,22-23,25,28-30,33-34,36,40H,6,14-17,19-21H2,1-5H3,(H,37,38)/t25-,28?,29-,30?,33?,34+/m1/s1. The summed E-state index contributed by atoms with van der Waals surface area (Å²) in [5, 5.41) is 19.2. The van der Waals surface area contributed by atoms with Crippen molar-refractivity contribution in [1.82, 2.24) is 14.6 Å². The quantitative estimate of drug-likeness (QED) is 0.181. The molecule has 3 N–H and O–H groups in total. The number of nitrogens with one attached hydrogen (secondary N) is 2. The number of aliphatic hydroxyl groups excluding tert-OH is 1. The molecule has 0 spiro atoms. The second kappa shape index (κ2) is 16.4. The van der Waals surface area contributed by atoms with Gasteiger partial charge < -0.3 is 30.0 Å². The molecule has 0 amide bonds. The molecule has 2 aliphatic heterocycles. The van der Waals surface area contributed by atoms with Crippen molar-refractivity contribution in [2.75, 3.05) is 38.2 Å². The summed E-state index contributed by atoms with van der Waals surface area (Å²) < 4.78 is 48.1. The Hall–Kier alpha value is -2.65. The number of hydrogen-bond donors (Lipinski definition) is 3. The topological polar surface area (TPSA) is 139 Å². The molecule has 3 aromatic rings. The first kappa shape index (κ1) is 36.6. The van der Waals surface area contributed by atoms with Crippen molar-refractivity contribution >= 4 is 42.7 Å². The summed E-state index contributed by atoms with van der Waals surface area (Å²) >= 11 is 1.41. The van der Waals surface area contributed by atoms with Crippen LogP contribution in [0.5, 0.6) is 0 Å². The lowest BCUT2D eigenvalue weighted by Gasteiger charge is -2.35. The van der Waals surface area contributed by atoms with E-state index in [2.05, 4.69) is 15.6 Å². The number of carbonyl (C=O) groups is 1. The average molecular weight is 703 g/mol. The van der Waals surface area contributed by atoms with Gasteiger partial charge in [0.1, 0.15) is 6.10 Å². The number of nitrogens with zero attached hydrogens (tertiary/aromatic N) is 2. The minimum absolute atomic E-state index is 0.00161. The van der Waals surface area contributed by atoms with Crippen LogP contribution in [0.2, 0.25) is 0 Å². The van der Waals surface area contributed by atoms with Crippen LogP contribution in [0.15, 0.2) is 53.4 Å². The van der Waals surface area contributed by atoms with Gasteiger partial charge in [-0.1, -0.05) is 62.4 Å². The highest BCUT2D eigenvalue weighted by Crippen LogP contribution is 2.34. The predicted octanol–water partition coefficient (Wildman–Crippen LogP) is 4.66. The highest BCUT2D eigenvalue weighted by molar-refractivity contribution is 7.89. The van der Waals surface area contributed by atoms with Crippen molar-refractivity contribution in [3.8, 4) is 0 Å². The van der Waals surface area contributed by atoms with Crippen molar-refractivity contribution in [1.29, 1.82) is 0 Å². The Kier molecular flexibility index (Phi) is 12.5. The molecule has 0 aliphatic carbocycles. The van der Waals surface area contributed by atoms with Crippen LogP contribution in [0.1, 0.15) is 53.0 Å². The first-order chi connectivity index (χ1) is 22.9. The smallest absolute Gasteiger partial charge is 0.306 e. The highest BCUT2D eigenvalue weighted by Gasteiger charge is 2.47. The number of hydrogen-bond acceptors (Lipinski definition) is 11. The molecule has 0 radical (unpaired) electrons. The van der Waals surface area contributed by atoms with Crippen molar-refractivity contribution < 1.29 is 32.5 Å². The zero-order valence-corrected chi connectivity index (χ0v) is 30.1. The molecule has 2 saturated heterocycles. The monoisotopic (exact) mass is 702 g/mol. The number of anilines is 1. The largest absolute Gasteiger partial charge is 0.462 e. The fourth-order valence-corrected chi connectivity index (χ4v) is 9.32. The molecule has 2 aliphatic rings. The summed E-state index contributed by atoms with van der Waals surface area (Å²) in [5.41, 5.74) is 1.66. The van der Waals surface area contributed by atoms with Gasteiger partial charge in [0.2, 0.25) is 10.0 Å². The maximum atomic E-state index is 14.1. The zero-order valence-electron chi connectivity index (χ0n) is 28.5. The number of ether oxygens (including phenoxy) is 3. The van der Waals surface area contributed by atoms with Gasteiger partial charge in [-0.3, -0.25) is 4.79 Å². The molecule has 0 bridgehead atoms. The van der Waals surface area contributed by atoms with Crippen LogP contribution in [0, 0.1) is 17.8 Å². The van der Waals surface area contributed by atoms with E-state index in [1.807, 2.05) is 65.0 Å². The lowest BCUT2D eigenvalue weighted by molar-refractivity contribution is -0.196. The molecule has 0 saturated carbocycles. The number of benzene rings is 2. The number of rotatable bonds is 16. The van der Waals surface area contributed by atoms with Gasteiger partial charge in [0.25, 0.3) is 0 Å². The second-order valence-electron chi connectivity index (χ2n) is 13.5. The molecule has 3 unspecified atom stereocenters. The van der Waals surface area contributed by atoms with Gasteiger partial charge in [-0.15, -0.1) is 0 Å². The van der Waals surface area contributed by atoms with Crippen LogP contribution in [-0.2, 0) is 35.4 Å². The van der Waals surface area contributed by atoms with E-state index in [-0.39, 0.29) is 54.4 Å². The van der Waals surface area contributed by atoms with Crippen LogP contribution in [0.3, 0.4) is 0 Å². The Balaban J connectivity index is 1.35. The van der Waals surface area contributed by atoms with E-state index in [1.54, 1.807) is 18.2 Å². The third-order valence-electron chi connectivity index (χ3n) is 8.76. The molecule has 3 heterocycles. The Labute approximate surface area is 288 Å². The first-order valence-corrected chi connectivity index (χ1v) is 19.3. The van der Waals surface area contributed by atoms with Crippen LogP contribution < -0.4 is 10.6 Å². The summed E-state index contributed by atoms with van der Waals surface area (Å²) in [5.74, 6) is -1.14. The minimum Gasteiger partial charge on any atom is -0.462 e. The number of thiazole rings is 1. The molecule has 6 atom stereocenters. The van der Waals surface area contributed by atoms with E-state index in [0.717, 1.165) is 27.5 Å². The van der Waals surface area contributed by atoms with E-state index in [9.17, 15) is 18.3 Å². The zero-order chi connectivity index (χ0) is 34.4. The molecule has 11 nitrogen and oxygen atoms in total. The number of likely N-dealkylation sites (N-methyl/N-ethyl adjacent to an activating group) is 1. The summed E-state index contributed by atoms with van der Waals surface area (Å²) in [6.45, 7) is 11.7.